The zero-order valence-electron chi connectivity index (χ0n) is 9.11. The molecule has 2 bridgehead atoms. The lowest BCUT2D eigenvalue weighted by Crippen LogP contribution is -2.52. The fraction of sp³-hybridized carbons (Fsp3) is 0.923. The second-order valence-corrected chi connectivity index (χ2v) is 6.41. The van der Waals surface area contributed by atoms with E-state index in [1.165, 1.54) is 19.3 Å². The van der Waals surface area contributed by atoms with Crippen LogP contribution >= 0.6 is 0 Å². The summed E-state index contributed by atoms with van der Waals surface area (Å²) in [6.45, 7) is 2.30. The zero-order valence-corrected chi connectivity index (χ0v) is 9.11. The standard InChI is InChI=1S/C13H18O2/c1-6-10-7-2-3-8(4-7)11(10)13(6)5-9(13)12(14)15/h6-11H,2-5H2,1H3,(H,14,15)/p-1/t6-,7-,8-,9-,10+,11+,13+/m1/s1. The minimum atomic E-state index is -0.775. The summed E-state index contributed by atoms with van der Waals surface area (Å²) in [4.78, 5) is 11.0. The van der Waals surface area contributed by atoms with Crippen LogP contribution in [0, 0.1) is 40.9 Å². The second-order valence-electron chi connectivity index (χ2n) is 6.41. The van der Waals surface area contributed by atoms with Gasteiger partial charge in [0.25, 0.3) is 0 Å². The van der Waals surface area contributed by atoms with Crippen molar-refractivity contribution in [3.63, 3.8) is 0 Å². The van der Waals surface area contributed by atoms with Gasteiger partial charge in [-0.25, -0.2) is 0 Å². The summed E-state index contributed by atoms with van der Waals surface area (Å²) in [5.74, 6) is 3.28. The average molecular weight is 205 g/mol. The summed E-state index contributed by atoms with van der Waals surface area (Å²) in [6, 6.07) is 0. The van der Waals surface area contributed by atoms with Crippen molar-refractivity contribution in [3.8, 4) is 0 Å². The molecule has 0 aromatic carbocycles. The van der Waals surface area contributed by atoms with E-state index in [-0.39, 0.29) is 11.3 Å². The van der Waals surface area contributed by atoms with E-state index < -0.39 is 5.97 Å². The van der Waals surface area contributed by atoms with Crippen molar-refractivity contribution in [2.24, 2.45) is 40.9 Å². The molecule has 4 saturated carbocycles. The lowest BCUT2D eigenvalue weighted by atomic mass is 9.49. The lowest BCUT2D eigenvalue weighted by molar-refractivity contribution is -0.310. The third kappa shape index (κ3) is 0.724. The zero-order chi connectivity index (χ0) is 10.4. The average Bonchev–Trinajstić information content (AvgIpc) is 2.75. The van der Waals surface area contributed by atoms with Crippen LogP contribution in [0.4, 0.5) is 0 Å². The molecule has 4 aliphatic carbocycles. The van der Waals surface area contributed by atoms with Crippen molar-refractivity contribution >= 4 is 5.97 Å². The van der Waals surface area contributed by atoms with Gasteiger partial charge in [0.15, 0.2) is 0 Å². The van der Waals surface area contributed by atoms with E-state index in [4.69, 9.17) is 0 Å². The van der Waals surface area contributed by atoms with Crippen LogP contribution in [0.15, 0.2) is 0 Å². The fourth-order valence-electron chi connectivity index (χ4n) is 5.86. The van der Waals surface area contributed by atoms with Gasteiger partial charge in [0, 0.05) is 11.9 Å². The molecule has 15 heavy (non-hydrogen) atoms. The van der Waals surface area contributed by atoms with E-state index in [2.05, 4.69) is 6.92 Å². The number of hydrogen-bond acceptors (Lipinski definition) is 2. The third-order valence-corrected chi connectivity index (χ3v) is 6.36. The van der Waals surface area contributed by atoms with Crippen LogP contribution in [0.25, 0.3) is 0 Å². The first kappa shape index (κ1) is 8.60. The van der Waals surface area contributed by atoms with Crippen LogP contribution in [0.5, 0.6) is 0 Å². The SMILES string of the molecule is C[C@@H]1[C@H]2[C@@H]3CC[C@H](C3)[C@@H]2[C@@]12C[C@@H]2C(=O)[O-]. The minimum Gasteiger partial charge on any atom is -0.550 e. The molecule has 0 aliphatic heterocycles. The topological polar surface area (TPSA) is 40.1 Å². The first-order valence-corrected chi connectivity index (χ1v) is 6.37. The Hall–Kier alpha value is -0.530. The predicted octanol–water partition coefficient (Wildman–Crippen LogP) is 1.05. The van der Waals surface area contributed by atoms with Gasteiger partial charge in [0.1, 0.15) is 0 Å². The number of aliphatic carboxylic acids is 1. The van der Waals surface area contributed by atoms with Crippen LogP contribution in [0.2, 0.25) is 0 Å². The van der Waals surface area contributed by atoms with Crippen molar-refractivity contribution in [1.29, 1.82) is 0 Å². The van der Waals surface area contributed by atoms with Crippen LogP contribution in [-0.4, -0.2) is 5.97 Å². The Labute approximate surface area is 90.1 Å². The number of hydrogen-bond donors (Lipinski definition) is 0. The Balaban J connectivity index is 1.67. The van der Waals surface area contributed by atoms with Crippen LogP contribution in [0.3, 0.4) is 0 Å². The number of carbonyl (C=O) groups is 1. The molecule has 0 N–H and O–H groups in total. The van der Waals surface area contributed by atoms with Crippen molar-refractivity contribution in [2.75, 3.05) is 0 Å². The summed E-state index contributed by atoms with van der Waals surface area (Å²) in [5.41, 5.74) is 0.212. The highest BCUT2D eigenvalue weighted by Crippen LogP contribution is 2.81. The molecule has 0 aromatic heterocycles. The molecule has 0 unspecified atom stereocenters. The number of fused-ring (bicyclic) bond motifs is 6. The monoisotopic (exact) mass is 205 g/mol. The van der Waals surface area contributed by atoms with Crippen LogP contribution < -0.4 is 5.11 Å². The van der Waals surface area contributed by atoms with Gasteiger partial charge in [0.2, 0.25) is 0 Å². The maximum Gasteiger partial charge on any atom is 0.0451 e. The van der Waals surface area contributed by atoms with Gasteiger partial charge in [-0.05, 0) is 60.7 Å². The Morgan fingerprint density at radius 3 is 2.73 bits per heavy atom. The van der Waals surface area contributed by atoms with Crippen molar-refractivity contribution in [2.45, 2.75) is 32.6 Å². The lowest BCUT2D eigenvalue weighted by Gasteiger charge is -2.55. The van der Waals surface area contributed by atoms with E-state index in [0.29, 0.717) is 5.92 Å². The molecular weight excluding hydrogens is 188 g/mol. The first-order valence-electron chi connectivity index (χ1n) is 6.37. The Bertz CT molecular complexity index is 350. The molecular formula is C13H17O2-. The number of carboxylic acids is 1. The molecule has 0 heterocycles. The molecule has 0 saturated heterocycles. The van der Waals surface area contributed by atoms with E-state index in [9.17, 15) is 9.90 Å². The van der Waals surface area contributed by atoms with Gasteiger partial charge in [-0.2, -0.15) is 0 Å². The quantitative estimate of drug-likeness (QED) is 0.642. The van der Waals surface area contributed by atoms with Crippen LogP contribution in [-0.2, 0) is 4.79 Å². The Kier molecular flexibility index (Phi) is 1.29. The summed E-state index contributed by atoms with van der Waals surface area (Å²) < 4.78 is 0. The molecule has 4 fully saturated rings. The Morgan fingerprint density at radius 1 is 1.33 bits per heavy atom. The second kappa shape index (κ2) is 2.26. The summed E-state index contributed by atoms with van der Waals surface area (Å²) >= 11 is 0. The summed E-state index contributed by atoms with van der Waals surface area (Å²) in [5, 5.41) is 11.0. The fourth-order valence-corrected chi connectivity index (χ4v) is 5.86. The Morgan fingerprint density at radius 2 is 2.07 bits per heavy atom. The number of carbonyl (C=O) groups excluding carboxylic acids is 1. The van der Waals surface area contributed by atoms with E-state index in [1.54, 1.807) is 0 Å². The molecule has 1 spiro atoms. The largest absolute Gasteiger partial charge is 0.550 e. The maximum absolute atomic E-state index is 11.0. The first-order chi connectivity index (χ1) is 7.16. The van der Waals surface area contributed by atoms with Crippen molar-refractivity contribution in [1.82, 2.24) is 0 Å². The maximum atomic E-state index is 11.0. The number of carboxylic acid groups (broad SMARTS) is 1. The molecule has 4 rings (SSSR count). The van der Waals surface area contributed by atoms with E-state index in [1.807, 2.05) is 0 Å². The molecule has 4 aliphatic rings. The normalized spacial score (nSPS) is 64.1. The van der Waals surface area contributed by atoms with Crippen LogP contribution in [0.1, 0.15) is 32.6 Å². The molecule has 0 aromatic rings. The highest BCUT2D eigenvalue weighted by molar-refractivity contribution is 5.73. The van der Waals surface area contributed by atoms with Gasteiger partial charge in [-0.1, -0.05) is 6.92 Å². The minimum absolute atomic E-state index is 0.0897. The van der Waals surface area contributed by atoms with Gasteiger partial charge in [-0.3, -0.25) is 0 Å². The molecule has 82 valence electrons. The molecule has 2 nitrogen and oxygen atoms in total. The van der Waals surface area contributed by atoms with Gasteiger partial charge in [0.05, 0.1) is 0 Å². The highest BCUT2D eigenvalue weighted by Gasteiger charge is 2.77. The summed E-state index contributed by atoms with van der Waals surface area (Å²) in [7, 11) is 0. The number of rotatable bonds is 1. The van der Waals surface area contributed by atoms with E-state index >= 15 is 0 Å². The third-order valence-electron chi connectivity index (χ3n) is 6.36. The van der Waals surface area contributed by atoms with Gasteiger partial charge >= 0.3 is 0 Å². The van der Waals surface area contributed by atoms with E-state index in [0.717, 1.165) is 30.1 Å². The van der Waals surface area contributed by atoms with Gasteiger partial charge < -0.3 is 9.90 Å². The molecule has 0 radical (unpaired) electrons. The molecule has 0 amide bonds. The molecule has 7 atom stereocenters. The smallest absolute Gasteiger partial charge is 0.0451 e. The van der Waals surface area contributed by atoms with Gasteiger partial charge in [-0.15, -0.1) is 0 Å². The summed E-state index contributed by atoms with van der Waals surface area (Å²) in [6.07, 6.45) is 5.13. The predicted molar refractivity (Wildman–Crippen MR) is 52.5 cm³/mol. The van der Waals surface area contributed by atoms with Crippen molar-refractivity contribution in [3.05, 3.63) is 0 Å². The molecule has 2 heteroatoms. The highest BCUT2D eigenvalue weighted by atomic mass is 16.4. The van der Waals surface area contributed by atoms with Crippen molar-refractivity contribution < 1.29 is 9.90 Å².